The number of benzene rings is 2. The summed E-state index contributed by atoms with van der Waals surface area (Å²) in [7, 11) is 4.38. The summed E-state index contributed by atoms with van der Waals surface area (Å²) in [5.41, 5.74) is 1.59. The topological polar surface area (TPSA) is 46.2 Å². The van der Waals surface area contributed by atoms with Crippen LogP contribution in [0, 0.1) is 11.8 Å². The molecule has 0 aliphatic rings. The third-order valence-electron chi connectivity index (χ3n) is 5.35. The lowest BCUT2D eigenvalue weighted by Crippen LogP contribution is -2.43. The molecule has 2 aromatic carbocycles. The highest BCUT2D eigenvalue weighted by molar-refractivity contribution is 6.74. The second-order valence-corrected chi connectivity index (χ2v) is 13.1. The van der Waals surface area contributed by atoms with Crippen LogP contribution in [0.2, 0.25) is 18.1 Å². The number of methoxy groups -OCH3 is 4. The van der Waals surface area contributed by atoms with Gasteiger partial charge in [0.2, 0.25) is 5.75 Å². The zero-order valence-electron chi connectivity index (χ0n) is 19.4. The molecular weight excluding hydrogens is 396 g/mol. The predicted molar refractivity (Wildman–Crippen MR) is 123 cm³/mol. The molecule has 0 aliphatic heterocycles. The first-order valence-corrected chi connectivity index (χ1v) is 12.7. The Balaban J connectivity index is 2.43. The minimum Gasteiger partial charge on any atom is -0.541 e. The van der Waals surface area contributed by atoms with E-state index < -0.39 is 8.32 Å². The zero-order valence-corrected chi connectivity index (χ0v) is 20.4. The van der Waals surface area contributed by atoms with Gasteiger partial charge in [-0.3, -0.25) is 0 Å². The first kappa shape index (κ1) is 23.5. The molecule has 0 heterocycles. The molecule has 0 fully saturated rings. The van der Waals surface area contributed by atoms with Crippen LogP contribution < -0.4 is 23.4 Å². The standard InChI is InChI=1S/C24H32O5Si/c1-24(2,3)30(8,9)29-20-14-17(12-13-19(20)25-4)10-11-18-15-21(26-5)23(28-7)22(16-18)27-6/h12-16H,1-9H3. The van der Waals surface area contributed by atoms with E-state index in [1.807, 2.05) is 30.3 Å². The molecule has 0 saturated carbocycles. The molecule has 0 amide bonds. The van der Waals surface area contributed by atoms with Crippen LogP contribution in [0.5, 0.6) is 28.7 Å². The summed E-state index contributed by atoms with van der Waals surface area (Å²) < 4.78 is 28.2. The van der Waals surface area contributed by atoms with Crippen LogP contribution >= 0.6 is 0 Å². The molecule has 162 valence electrons. The fourth-order valence-electron chi connectivity index (χ4n) is 2.56. The van der Waals surface area contributed by atoms with Crippen molar-refractivity contribution >= 4 is 8.32 Å². The molecule has 2 rings (SSSR count). The minimum absolute atomic E-state index is 0.0793. The van der Waals surface area contributed by atoms with Gasteiger partial charge in [0, 0.05) is 11.1 Å². The van der Waals surface area contributed by atoms with Crippen molar-refractivity contribution in [1.29, 1.82) is 0 Å². The summed E-state index contributed by atoms with van der Waals surface area (Å²) in [5, 5.41) is 0.0793. The Morgan fingerprint density at radius 1 is 0.667 bits per heavy atom. The van der Waals surface area contributed by atoms with Crippen LogP contribution in [0.15, 0.2) is 30.3 Å². The Hall–Kier alpha value is -2.78. The van der Waals surface area contributed by atoms with E-state index in [9.17, 15) is 0 Å². The average Bonchev–Trinajstić information content (AvgIpc) is 2.70. The number of hydrogen-bond donors (Lipinski definition) is 0. The maximum absolute atomic E-state index is 6.47. The highest BCUT2D eigenvalue weighted by Crippen LogP contribution is 2.40. The van der Waals surface area contributed by atoms with E-state index in [4.69, 9.17) is 23.4 Å². The van der Waals surface area contributed by atoms with Crippen molar-refractivity contribution < 1.29 is 23.4 Å². The largest absolute Gasteiger partial charge is 0.541 e. The van der Waals surface area contributed by atoms with Crippen molar-refractivity contribution in [3.8, 4) is 40.6 Å². The maximum atomic E-state index is 6.47. The molecule has 0 N–H and O–H groups in total. The lowest BCUT2D eigenvalue weighted by Gasteiger charge is -2.36. The van der Waals surface area contributed by atoms with Gasteiger partial charge in [-0.15, -0.1) is 0 Å². The van der Waals surface area contributed by atoms with E-state index in [-0.39, 0.29) is 5.04 Å². The second-order valence-electron chi connectivity index (χ2n) is 8.39. The van der Waals surface area contributed by atoms with E-state index >= 15 is 0 Å². The molecular formula is C24H32O5Si. The Kier molecular flexibility index (Phi) is 7.33. The van der Waals surface area contributed by atoms with E-state index in [2.05, 4.69) is 45.7 Å². The highest BCUT2D eigenvalue weighted by atomic mass is 28.4. The van der Waals surface area contributed by atoms with Gasteiger partial charge >= 0.3 is 0 Å². The van der Waals surface area contributed by atoms with Gasteiger partial charge in [-0.05, 0) is 48.5 Å². The summed E-state index contributed by atoms with van der Waals surface area (Å²) >= 11 is 0. The van der Waals surface area contributed by atoms with Crippen molar-refractivity contribution in [2.45, 2.75) is 38.9 Å². The normalized spacial score (nSPS) is 11.2. The molecule has 0 aromatic heterocycles. The number of rotatable bonds is 6. The lowest BCUT2D eigenvalue weighted by atomic mass is 10.1. The van der Waals surface area contributed by atoms with Crippen LogP contribution in [0.4, 0.5) is 0 Å². The molecule has 2 aromatic rings. The monoisotopic (exact) mass is 428 g/mol. The van der Waals surface area contributed by atoms with Crippen LogP contribution in [0.3, 0.4) is 0 Å². The predicted octanol–water partition coefficient (Wildman–Crippen LogP) is 5.50. The molecule has 0 bridgehead atoms. The van der Waals surface area contributed by atoms with Gasteiger partial charge in [0.05, 0.1) is 28.4 Å². The maximum Gasteiger partial charge on any atom is 0.250 e. The van der Waals surface area contributed by atoms with E-state index in [0.29, 0.717) is 23.0 Å². The number of hydrogen-bond acceptors (Lipinski definition) is 5. The minimum atomic E-state index is -2.01. The van der Waals surface area contributed by atoms with Crippen molar-refractivity contribution in [1.82, 2.24) is 0 Å². The first-order valence-electron chi connectivity index (χ1n) is 9.75. The van der Waals surface area contributed by atoms with Gasteiger partial charge in [0.1, 0.15) is 5.75 Å². The summed E-state index contributed by atoms with van der Waals surface area (Å²) in [4.78, 5) is 0. The van der Waals surface area contributed by atoms with Crippen LogP contribution in [0.1, 0.15) is 31.9 Å². The Labute approximate surface area is 181 Å². The first-order chi connectivity index (χ1) is 14.1. The highest BCUT2D eigenvalue weighted by Gasteiger charge is 2.39. The number of ether oxygens (including phenoxy) is 4. The van der Waals surface area contributed by atoms with E-state index in [0.717, 1.165) is 16.9 Å². The third-order valence-corrected chi connectivity index (χ3v) is 9.69. The Morgan fingerprint density at radius 3 is 1.63 bits per heavy atom. The lowest BCUT2D eigenvalue weighted by molar-refractivity contribution is 0.324. The average molecular weight is 429 g/mol. The van der Waals surface area contributed by atoms with Crippen LogP contribution in [-0.2, 0) is 0 Å². The second kappa shape index (κ2) is 9.35. The molecule has 30 heavy (non-hydrogen) atoms. The van der Waals surface area contributed by atoms with Crippen LogP contribution in [0.25, 0.3) is 0 Å². The van der Waals surface area contributed by atoms with Gasteiger partial charge in [0.15, 0.2) is 17.2 Å². The quantitative estimate of drug-likeness (QED) is 0.449. The molecule has 5 nitrogen and oxygen atoms in total. The molecule has 6 heteroatoms. The summed E-state index contributed by atoms with van der Waals surface area (Å²) in [6.45, 7) is 11.0. The van der Waals surface area contributed by atoms with Crippen molar-refractivity contribution in [3.05, 3.63) is 41.5 Å². The van der Waals surface area contributed by atoms with Crippen molar-refractivity contribution in [2.75, 3.05) is 28.4 Å². The fourth-order valence-corrected chi connectivity index (χ4v) is 3.58. The van der Waals surface area contributed by atoms with Gasteiger partial charge in [-0.1, -0.05) is 32.6 Å². The fraction of sp³-hybridized carbons (Fsp3) is 0.417. The molecule has 0 saturated heterocycles. The summed E-state index contributed by atoms with van der Waals surface area (Å²) in [6, 6.07) is 9.39. The summed E-state index contributed by atoms with van der Waals surface area (Å²) in [5.74, 6) is 9.47. The molecule has 0 unspecified atom stereocenters. The van der Waals surface area contributed by atoms with Crippen LogP contribution in [-0.4, -0.2) is 36.8 Å². The van der Waals surface area contributed by atoms with Crippen molar-refractivity contribution in [2.24, 2.45) is 0 Å². The van der Waals surface area contributed by atoms with Gasteiger partial charge in [0.25, 0.3) is 8.32 Å². The smallest absolute Gasteiger partial charge is 0.250 e. The molecule has 0 radical (unpaired) electrons. The van der Waals surface area contributed by atoms with Gasteiger partial charge in [-0.2, -0.15) is 0 Å². The Morgan fingerprint density at radius 2 is 1.17 bits per heavy atom. The SMILES string of the molecule is COc1ccc(C#Cc2cc(OC)c(OC)c(OC)c2)cc1O[Si](C)(C)C(C)(C)C. The molecule has 0 aliphatic carbocycles. The third kappa shape index (κ3) is 5.22. The van der Waals surface area contributed by atoms with Gasteiger partial charge in [-0.25, -0.2) is 0 Å². The molecule has 0 spiro atoms. The Bertz CT molecular complexity index is 923. The summed E-state index contributed by atoms with van der Waals surface area (Å²) in [6.07, 6.45) is 0. The van der Waals surface area contributed by atoms with E-state index in [1.165, 1.54) is 0 Å². The molecule has 0 atom stereocenters. The van der Waals surface area contributed by atoms with Crippen molar-refractivity contribution in [3.63, 3.8) is 0 Å². The van der Waals surface area contributed by atoms with Gasteiger partial charge < -0.3 is 23.4 Å². The van der Waals surface area contributed by atoms with E-state index in [1.54, 1.807) is 28.4 Å². The zero-order chi connectivity index (χ0) is 22.5.